The number of phenolic OH excluding ortho intramolecular Hbond substituents is 1. The number of aliphatic hydroxyl groups is 1. The predicted molar refractivity (Wildman–Crippen MR) is 115 cm³/mol. The number of benzene rings is 3. The highest BCUT2D eigenvalue weighted by atomic mass is 16.5. The summed E-state index contributed by atoms with van der Waals surface area (Å²) >= 11 is 0. The number of rotatable bonds is 5. The third-order valence-electron chi connectivity index (χ3n) is 5.90. The van der Waals surface area contributed by atoms with E-state index in [0.29, 0.717) is 11.1 Å². The summed E-state index contributed by atoms with van der Waals surface area (Å²) in [6.45, 7) is 0.0806. The number of esters is 1. The van der Waals surface area contributed by atoms with E-state index in [0.717, 1.165) is 5.56 Å². The fraction of sp³-hybridized carbons (Fsp3) is 0.231. The summed E-state index contributed by atoms with van der Waals surface area (Å²) in [6.07, 6.45) is -0.0400. The Morgan fingerprint density at radius 1 is 0.935 bits per heavy atom. The Hall–Kier alpha value is -3.44. The molecule has 1 fully saturated rings. The molecule has 1 aliphatic carbocycles. The molecule has 0 aliphatic heterocycles. The number of carbonyl (C=O) groups excluding carboxylic acids is 2. The van der Waals surface area contributed by atoms with Crippen molar-refractivity contribution in [1.82, 2.24) is 0 Å². The van der Waals surface area contributed by atoms with Crippen LogP contribution in [-0.4, -0.2) is 22.0 Å². The zero-order valence-electron chi connectivity index (χ0n) is 17.0. The summed E-state index contributed by atoms with van der Waals surface area (Å²) in [5.74, 6) is -2.14. The number of ether oxygens (including phenoxy) is 1. The van der Waals surface area contributed by atoms with Gasteiger partial charge in [0.15, 0.2) is 0 Å². The highest BCUT2D eigenvalue weighted by Crippen LogP contribution is 2.48. The summed E-state index contributed by atoms with van der Waals surface area (Å²) in [5.41, 5.74) is 0.356. The van der Waals surface area contributed by atoms with E-state index in [1.54, 1.807) is 36.4 Å². The second kappa shape index (κ2) is 8.74. The summed E-state index contributed by atoms with van der Waals surface area (Å²) < 4.78 is 5.64. The van der Waals surface area contributed by atoms with E-state index >= 15 is 0 Å². The average Bonchev–Trinajstić information content (AvgIpc) is 2.79. The van der Waals surface area contributed by atoms with Crippen LogP contribution in [0.5, 0.6) is 5.75 Å². The van der Waals surface area contributed by atoms with Crippen LogP contribution in [0.15, 0.2) is 84.9 Å². The van der Waals surface area contributed by atoms with Crippen LogP contribution in [0, 0.1) is 5.92 Å². The van der Waals surface area contributed by atoms with Crippen molar-refractivity contribution in [2.75, 3.05) is 0 Å². The number of phenols is 1. The smallest absolute Gasteiger partial charge is 0.313 e. The van der Waals surface area contributed by atoms with Gasteiger partial charge in [-0.15, -0.1) is 0 Å². The molecule has 0 amide bonds. The number of hydrogen-bond donors (Lipinski definition) is 2. The maximum atomic E-state index is 13.4. The first-order valence-corrected chi connectivity index (χ1v) is 10.3. The lowest BCUT2D eigenvalue weighted by atomic mass is 9.63. The van der Waals surface area contributed by atoms with Crippen molar-refractivity contribution >= 4 is 11.8 Å². The largest absolute Gasteiger partial charge is 0.508 e. The van der Waals surface area contributed by atoms with Crippen LogP contribution in [0.3, 0.4) is 0 Å². The molecule has 5 nitrogen and oxygen atoms in total. The maximum Gasteiger partial charge on any atom is 0.313 e. The molecule has 158 valence electrons. The van der Waals surface area contributed by atoms with Gasteiger partial charge in [0.25, 0.3) is 0 Å². The summed E-state index contributed by atoms with van der Waals surface area (Å²) in [6, 6.07) is 24.5. The zero-order chi connectivity index (χ0) is 21.8. The van der Waals surface area contributed by atoms with Crippen molar-refractivity contribution in [3.63, 3.8) is 0 Å². The van der Waals surface area contributed by atoms with Crippen LogP contribution in [0.1, 0.15) is 35.4 Å². The van der Waals surface area contributed by atoms with Crippen LogP contribution in [-0.2, 0) is 26.5 Å². The van der Waals surface area contributed by atoms with E-state index in [4.69, 9.17) is 4.74 Å². The fourth-order valence-corrected chi connectivity index (χ4v) is 4.40. The molecule has 1 aliphatic rings. The predicted octanol–water partition coefficient (Wildman–Crippen LogP) is 4.09. The Balaban J connectivity index is 1.73. The normalized spacial score (nSPS) is 23.3. The number of hydrogen-bond acceptors (Lipinski definition) is 5. The maximum absolute atomic E-state index is 13.4. The molecular formula is C26H24O5. The first kappa shape index (κ1) is 20.8. The minimum absolute atomic E-state index is 0.0806. The van der Waals surface area contributed by atoms with Gasteiger partial charge in [0, 0.05) is 18.8 Å². The van der Waals surface area contributed by atoms with E-state index in [1.807, 2.05) is 36.4 Å². The van der Waals surface area contributed by atoms with Gasteiger partial charge in [0.1, 0.15) is 23.7 Å². The van der Waals surface area contributed by atoms with Crippen LogP contribution in [0.4, 0.5) is 0 Å². The first-order valence-electron chi connectivity index (χ1n) is 10.3. The minimum Gasteiger partial charge on any atom is -0.508 e. The van der Waals surface area contributed by atoms with Gasteiger partial charge in [-0.1, -0.05) is 72.8 Å². The molecule has 0 bridgehead atoms. The SMILES string of the molecule is O=C1C[C@@H](c2ccc(O)cc2)[C@H](C(=O)OCc2ccccc2)[C@@](O)(c2ccccc2)C1. The number of aromatic hydroxyl groups is 1. The van der Waals surface area contributed by atoms with Gasteiger partial charge in [-0.2, -0.15) is 0 Å². The van der Waals surface area contributed by atoms with Crippen molar-refractivity contribution in [1.29, 1.82) is 0 Å². The van der Waals surface area contributed by atoms with E-state index < -0.39 is 23.4 Å². The summed E-state index contributed by atoms with van der Waals surface area (Å²) in [5, 5.41) is 21.4. The molecule has 0 aromatic heterocycles. The molecular weight excluding hydrogens is 392 g/mol. The molecule has 0 unspecified atom stereocenters. The average molecular weight is 416 g/mol. The molecule has 31 heavy (non-hydrogen) atoms. The van der Waals surface area contributed by atoms with Crippen molar-refractivity contribution in [3.8, 4) is 5.75 Å². The van der Waals surface area contributed by atoms with Gasteiger partial charge in [0.05, 0.1) is 5.92 Å². The molecule has 4 rings (SSSR count). The van der Waals surface area contributed by atoms with E-state index in [9.17, 15) is 19.8 Å². The summed E-state index contributed by atoms with van der Waals surface area (Å²) in [7, 11) is 0. The van der Waals surface area contributed by atoms with E-state index in [2.05, 4.69) is 0 Å². The number of carbonyl (C=O) groups is 2. The lowest BCUT2D eigenvalue weighted by molar-refractivity contribution is -0.169. The van der Waals surface area contributed by atoms with Gasteiger partial charge < -0.3 is 14.9 Å². The van der Waals surface area contributed by atoms with Crippen LogP contribution in [0.25, 0.3) is 0 Å². The molecule has 3 aromatic rings. The number of ketones is 1. The van der Waals surface area contributed by atoms with Crippen molar-refractivity contribution in [3.05, 3.63) is 102 Å². The van der Waals surface area contributed by atoms with Gasteiger partial charge in [-0.3, -0.25) is 9.59 Å². The van der Waals surface area contributed by atoms with Gasteiger partial charge in [-0.05, 0) is 28.8 Å². The Labute approximate surface area is 180 Å². The monoisotopic (exact) mass is 416 g/mol. The highest BCUT2D eigenvalue weighted by Gasteiger charge is 2.53. The Morgan fingerprint density at radius 3 is 2.19 bits per heavy atom. The quantitative estimate of drug-likeness (QED) is 0.612. The third kappa shape index (κ3) is 4.37. The molecule has 1 saturated carbocycles. The molecule has 3 aromatic carbocycles. The molecule has 0 saturated heterocycles. The van der Waals surface area contributed by atoms with Crippen LogP contribution >= 0.6 is 0 Å². The molecule has 3 atom stereocenters. The molecule has 2 N–H and O–H groups in total. The molecule has 0 heterocycles. The van der Waals surface area contributed by atoms with Crippen molar-refractivity contribution in [2.24, 2.45) is 5.92 Å². The Morgan fingerprint density at radius 2 is 1.55 bits per heavy atom. The zero-order valence-corrected chi connectivity index (χ0v) is 17.0. The fourth-order valence-electron chi connectivity index (χ4n) is 4.40. The first-order chi connectivity index (χ1) is 15.0. The second-order valence-corrected chi connectivity index (χ2v) is 7.98. The van der Waals surface area contributed by atoms with E-state index in [1.165, 1.54) is 12.1 Å². The molecule has 0 radical (unpaired) electrons. The van der Waals surface area contributed by atoms with Crippen molar-refractivity contribution in [2.45, 2.75) is 31.0 Å². The van der Waals surface area contributed by atoms with E-state index in [-0.39, 0.29) is 31.0 Å². The molecule has 5 heteroatoms. The standard InChI is InChI=1S/C26H24O5/c27-21-13-11-19(12-14-21)23-15-22(28)16-26(30,20-9-5-2-6-10-20)24(23)25(29)31-17-18-7-3-1-4-8-18/h1-14,23-24,27,30H,15-17H2/t23-,24+,26-/m0/s1. The lowest BCUT2D eigenvalue weighted by Gasteiger charge is -2.43. The Bertz CT molecular complexity index is 1050. The highest BCUT2D eigenvalue weighted by molar-refractivity contribution is 5.87. The lowest BCUT2D eigenvalue weighted by Crippen LogP contribution is -2.49. The second-order valence-electron chi connectivity index (χ2n) is 7.98. The minimum atomic E-state index is -1.69. The topological polar surface area (TPSA) is 83.8 Å². The molecule has 0 spiro atoms. The van der Waals surface area contributed by atoms with Crippen molar-refractivity contribution < 1.29 is 24.5 Å². The van der Waals surface area contributed by atoms with Crippen LogP contribution in [0.2, 0.25) is 0 Å². The van der Waals surface area contributed by atoms with Gasteiger partial charge in [0.2, 0.25) is 0 Å². The summed E-state index contributed by atoms with van der Waals surface area (Å²) in [4.78, 5) is 26.1. The van der Waals surface area contributed by atoms with Gasteiger partial charge >= 0.3 is 5.97 Å². The van der Waals surface area contributed by atoms with Gasteiger partial charge in [-0.25, -0.2) is 0 Å². The third-order valence-corrected chi connectivity index (χ3v) is 5.90. The Kier molecular flexibility index (Phi) is 5.87. The van der Waals surface area contributed by atoms with Crippen LogP contribution < -0.4 is 0 Å². The number of Topliss-reactive ketones (excluding diaryl/α,β-unsaturated/α-hetero) is 1.